The summed E-state index contributed by atoms with van der Waals surface area (Å²) in [4.78, 5) is 25.1. The van der Waals surface area contributed by atoms with Crippen LogP contribution in [0.2, 0.25) is 0 Å². The van der Waals surface area contributed by atoms with Gasteiger partial charge in [0.05, 0.1) is 11.0 Å². The Kier molecular flexibility index (Phi) is 6.17. The number of esters is 1. The molecule has 0 aliphatic carbocycles. The molecule has 0 atom stereocenters. The Labute approximate surface area is 168 Å². The van der Waals surface area contributed by atoms with Gasteiger partial charge in [0.2, 0.25) is 10.0 Å². The molecule has 1 aromatic carbocycles. The first-order valence-corrected chi connectivity index (χ1v) is 11.2. The molecule has 0 saturated heterocycles. The molecule has 0 unspecified atom stereocenters. The first kappa shape index (κ1) is 20.5. The summed E-state index contributed by atoms with van der Waals surface area (Å²) < 4.78 is 32.4. The zero-order valence-corrected chi connectivity index (χ0v) is 17.3. The van der Waals surface area contributed by atoms with Crippen molar-refractivity contribution in [3.8, 4) is 0 Å². The number of carbonyl (C=O) groups is 2. The average molecular weight is 423 g/mol. The minimum atomic E-state index is -3.72. The number of nitrogens with zero attached hydrogens (tertiary/aromatic N) is 1. The maximum absolute atomic E-state index is 13.0. The van der Waals surface area contributed by atoms with Crippen molar-refractivity contribution < 1.29 is 22.7 Å². The number of rotatable bonds is 6. The lowest BCUT2D eigenvalue weighted by Crippen LogP contribution is -2.35. The van der Waals surface area contributed by atoms with Crippen molar-refractivity contribution in [3.05, 3.63) is 51.7 Å². The minimum absolute atomic E-state index is 0.0589. The number of hydrogen-bond acceptors (Lipinski definition) is 6. The Morgan fingerprint density at radius 3 is 2.82 bits per heavy atom. The molecule has 0 fully saturated rings. The molecule has 2 heterocycles. The third kappa shape index (κ3) is 4.60. The lowest BCUT2D eigenvalue weighted by Gasteiger charge is -2.26. The van der Waals surface area contributed by atoms with Gasteiger partial charge in [0, 0.05) is 23.5 Å². The molecule has 150 valence electrons. The number of thiophene rings is 1. The van der Waals surface area contributed by atoms with Gasteiger partial charge in [-0.25, -0.2) is 8.42 Å². The Morgan fingerprint density at radius 2 is 2.07 bits per heavy atom. The lowest BCUT2D eigenvalue weighted by molar-refractivity contribution is -0.146. The van der Waals surface area contributed by atoms with Gasteiger partial charge in [0.15, 0.2) is 0 Å². The monoisotopic (exact) mass is 422 g/mol. The first-order valence-electron chi connectivity index (χ1n) is 8.90. The zero-order valence-electron chi connectivity index (χ0n) is 15.7. The molecule has 28 heavy (non-hydrogen) atoms. The fraction of sp³-hybridized carbons (Fsp3) is 0.368. The molecule has 9 heteroatoms. The molecule has 0 spiro atoms. The van der Waals surface area contributed by atoms with Gasteiger partial charge in [0.1, 0.15) is 6.54 Å². The maximum Gasteiger partial charge on any atom is 0.325 e. The zero-order chi connectivity index (χ0) is 20.3. The third-order valence-electron chi connectivity index (χ3n) is 4.27. The smallest absolute Gasteiger partial charge is 0.325 e. The molecule has 2 aromatic rings. The number of carbonyl (C=O) groups excluding carboxylic acids is 2. The SMILES string of the molecule is CC(C)OC(=O)CNC(=O)c1cccc(S(=O)(=O)N2CCc3sccc3C2)c1. The van der Waals surface area contributed by atoms with Crippen molar-refractivity contribution >= 4 is 33.2 Å². The summed E-state index contributed by atoms with van der Waals surface area (Å²) in [5.41, 5.74) is 1.20. The van der Waals surface area contributed by atoms with Crippen molar-refractivity contribution in [1.29, 1.82) is 0 Å². The Morgan fingerprint density at radius 1 is 1.29 bits per heavy atom. The van der Waals surface area contributed by atoms with Crippen LogP contribution in [0.1, 0.15) is 34.6 Å². The van der Waals surface area contributed by atoms with Crippen molar-refractivity contribution in [2.45, 2.75) is 37.8 Å². The molecule has 7 nitrogen and oxygen atoms in total. The van der Waals surface area contributed by atoms with Crippen molar-refractivity contribution in [3.63, 3.8) is 0 Å². The molecular formula is C19H22N2O5S2. The molecule has 3 rings (SSSR count). The van der Waals surface area contributed by atoms with E-state index in [-0.39, 0.29) is 23.1 Å². The standard InChI is InChI=1S/C19H22N2O5S2/c1-13(2)26-18(22)11-20-19(23)14-4-3-5-16(10-14)28(24,25)21-8-6-17-15(12-21)7-9-27-17/h3-5,7,9-10,13H,6,8,11-12H2,1-2H3,(H,20,23). The highest BCUT2D eigenvalue weighted by molar-refractivity contribution is 7.89. The van der Waals surface area contributed by atoms with Crippen molar-refractivity contribution in [1.82, 2.24) is 9.62 Å². The number of hydrogen-bond donors (Lipinski definition) is 1. The average Bonchev–Trinajstić information content (AvgIpc) is 3.13. The second-order valence-corrected chi connectivity index (χ2v) is 9.65. The van der Waals surface area contributed by atoms with E-state index in [0.29, 0.717) is 19.5 Å². The number of benzene rings is 1. The minimum Gasteiger partial charge on any atom is -0.462 e. The third-order valence-corrected chi connectivity index (χ3v) is 7.13. The predicted molar refractivity (Wildman–Crippen MR) is 106 cm³/mol. The lowest BCUT2D eigenvalue weighted by atomic mass is 10.1. The summed E-state index contributed by atoms with van der Waals surface area (Å²) in [7, 11) is -3.72. The van der Waals surface area contributed by atoms with Gasteiger partial charge >= 0.3 is 5.97 Å². The molecule has 0 radical (unpaired) electrons. The van der Waals surface area contributed by atoms with Crippen molar-refractivity contribution in [2.75, 3.05) is 13.1 Å². The van der Waals surface area contributed by atoms with Crippen LogP contribution in [0.25, 0.3) is 0 Å². The highest BCUT2D eigenvalue weighted by Gasteiger charge is 2.29. The molecule has 1 N–H and O–H groups in total. The van der Waals surface area contributed by atoms with Crippen LogP contribution in [0, 0.1) is 0 Å². The van der Waals surface area contributed by atoms with Crippen LogP contribution in [-0.4, -0.2) is 43.8 Å². The summed E-state index contributed by atoms with van der Waals surface area (Å²) in [6, 6.07) is 7.79. The van der Waals surface area contributed by atoms with Crippen LogP contribution in [0.5, 0.6) is 0 Å². The summed E-state index contributed by atoms with van der Waals surface area (Å²) in [5, 5.41) is 4.42. The molecular weight excluding hydrogens is 400 g/mol. The van der Waals surface area contributed by atoms with E-state index in [1.54, 1.807) is 25.2 Å². The van der Waals surface area contributed by atoms with E-state index in [1.807, 2.05) is 11.4 Å². The van der Waals surface area contributed by atoms with Gasteiger partial charge in [-0.15, -0.1) is 11.3 Å². The molecule has 0 saturated carbocycles. The normalized spacial score (nSPS) is 14.5. The Bertz CT molecular complexity index is 982. The van der Waals surface area contributed by atoms with E-state index >= 15 is 0 Å². The maximum atomic E-state index is 13.0. The summed E-state index contributed by atoms with van der Waals surface area (Å²) >= 11 is 1.64. The Balaban J connectivity index is 1.72. The number of sulfonamides is 1. The first-order chi connectivity index (χ1) is 13.3. The summed E-state index contributed by atoms with van der Waals surface area (Å²) in [6.07, 6.45) is 0.413. The highest BCUT2D eigenvalue weighted by Crippen LogP contribution is 2.28. The van der Waals surface area contributed by atoms with Crippen LogP contribution in [0.15, 0.2) is 40.6 Å². The quantitative estimate of drug-likeness (QED) is 0.721. The molecule has 1 aliphatic heterocycles. The van der Waals surface area contributed by atoms with Gasteiger partial charge in [0.25, 0.3) is 5.91 Å². The van der Waals surface area contributed by atoms with Gasteiger partial charge in [-0.1, -0.05) is 6.07 Å². The van der Waals surface area contributed by atoms with Gasteiger partial charge in [-0.2, -0.15) is 4.31 Å². The van der Waals surface area contributed by atoms with E-state index in [9.17, 15) is 18.0 Å². The van der Waals surface area contributed by atoms with Gasteiger partial charge in [-0.05, 0) is 55.5 Å². The summed E-state index contributed by atoms with van der Waals surface area (Å²) in [5.74, 6) is -1.08. The highest BCUT2D eigenvalue weighted by atomic mass is 32.2. The topological polar surface area (TPSA) is 92.8 Å². The van der Waals surface area contributed by atoms with E-state index in [1.165, 1.54) is 33.4 Å². The van der Waals surface area contributed by atoms with E-state index in [0.717, 1.165) is 5.56 Å². The van der Waals surface area contributed by atoms with Crippen LogP contribution in [0.3, 0.4) is 0 Å². The van der Waals surface area contributed by atoms with Gasteiger partial charge in [-0.3, -0.25) is 9.59 Å². The van der Waals surface area contributed by atoms with Crippen LogP contribution in [-0.2, 0) is 32.5 Å². The van der Waals surface area contributed by atoms with E-state index in [4.69, 9.17) is 4.74 Å². The number of nitrogens with one attached hydrogen (secondary N) is 1. The molecule has 1 aromatic heterocycles. The number of fused-ring (bicyclic) bond motifs is 1. The molecule has 1 amide bonds. The Hall–Kier alpha value is -2.23. The van der Waals surface area contributed by atoms with Gasteiger partial charge < -0.3 is 10.1 Å². The van der Waals surface area contributed by atoms with Crippen LogP contribution < -0.4 is 5.32 Å². The number of amides is 1. The second kappa shape index (κ2) is 8.42. The predicted octanol–water partition coefficient (Wildman–Crippen LogP) is 2.18. The summed E-state index contributed by atoms with van der Waals surface area (Å²) in [6.45, 7) is 3.90. The van der Waals surface area contributed by atoms with Crippen LogP contribution >= 0.6 is 11.3 Å². The van der Waals surface area contributed by atoms with E-state index in [2.05, 4.69) is 5.32 Å². The van der Waals surface area contributed by atoms with E-state index < -0.39 is 21.9 Å². The molecule has 1 aliphatic rings. The fourth-order valence-electron chi connectivity index (χ4n) is 2.93. The largest absolute Gasteiger partial charge is 0.462 e. The van der Waals surface area contributed by atoms with Crippen molar-refractivity contribution in [2.24, 2.45) is 0 Å². The second-order valence-electron chi connectivity index (χ2n) is 6.71. The van der Waals surface area contributed by atoms with Crippen LogP contribution in [0.4, 0.5) is 0 Å². The number of ether oxygens (including phenoxy) is 1. The molecule has 0 bridgehead atoms. The fourth-order valence-corrected chi connectivity index (χ4v) is 5.29.